The summed E-state index contributed by atoms with van der Waals surface area (Å²) in [7, 11) is 0. The van der Waals surface area contributed by atoms with E-state index >= 15 is 0 Å². The van der Waals surface area contributed by atoms with E-state index in [-0.39, 0.29) is 35.9 Å². The fourth-order valence-corrected chi connectivity index (χ4v) is 5.89. The minimum absolute atomic E-state index is 0.0685. The molecule has 0 aromatic heterocycles. The van der Waals surface area contributed by atoms with E-state index in [1.807, 2.05) is 19.2 Å². The Kier molecular flexibility index (Phi) is 6.13. The summed E-state index contributed by atoms with van der Waals surface area (Å²) >= 11 is 0. The Labute approximate surface area is 201 Å². The van der Waals surface area contributed by atoms with Crippen LogP contribution in [0.2, 0.25) is 0 Å². The van der Waals surface area contributed by atoms with Gasteiger partial charge in [-0.2, -0.15) is 13.2 Å². The topological polar surface area (TPSA) is 66.5 Å². The number of ketones is 1. The number of rotatable bonds is 3. The average Bonchev–Trinajstić information content (AvgIpc) is 2.98. The Morgan fingerprint density at radius 2 is 1.69 bits per heavy atom. The van der Waals surface area contributed by atoms with Crippen molar-refractivity contribution in [2.24, 2.45) is 17.3 Å². The zero-order chi connectivity index (χ0) is 25.9. The first-order valence-corrected chi connectivity index (χ1v) is 11.9. The zero-order valence-corrected chi connectivity index (χ0v) is 20.3. The molecule has 0 spiro atoms. The summed E-state index contributed by atoms with van der Waals surface area (Å²) in [6.07, 6.45) is -3.16. The molecule has 1 saturated carbocycles. The molecule has 9 heteroatoms. The standard InChI is InChI=1S/C26H30F4N2O3/c1-14-6-5-7-18(15(14)2)32-19-12-24(3,4)13-20(33)21(19)25(23(32)35,26(28,29)30)31-22(34)16-8-10-17(27)11-9-16/h8-11,14-15,18H,5-7,12-13H2,1-4H3,(H,31,34)/t14-,15+,18+,25+/m0/s1. The molecule has 4 atom stereocenters. The molecule has 1 fully saturated rings. The molecule has 1 aromatic carbocycles. The number of nitrogens with one attached hydrogen (secondary N) is 1. The summed E-state index contributed by atoms with van der Waals surface area (Å²) in [6, 6.07) is 3.46. The lowest BCUT2D eigenvalue weighted by molar-refractivity contribution is -0.192. The van der Waals surface area contributed by atoms with Gasteiger partial charge in [0.15, 0.2) is 5.78 Å². The van der Waals surface area contributed by atoms with Crippen molar-refractivity contribution in [3.05, 3.63) is 46.9 Å². The number of Topliss-reactive ketones (excluding diaryl/α,β-unsaturated/α-hetero) is 1. The quantitative estimate of drug-likeness (QED) is 0.590. The SMILES string of the molecule is C[C@H]1[C@H](N2C(=O)[C@@](NC(=O)c3ccc(F)cc3)(C(F)(F)F)C3=C2CC(C)(C)CC3=O)CCC[C@@H]1C. The van der Waals surface area contributed by atoms with E-state index < -0.39 is 52.2 Å². The molecular weight excluding hydrogens is 464 g/mol. The predicted octanol–water partition coefficient (Wildman–Crippen LogP) is 5.17. The average molecular weight is 495 g/mol. The van der Waals surface area contributed by atoms with Crippen molar-refractivity contribution >= 4 is 17.6 Å². The number of hydrogen-bond acceptors (Lipinski definition) is 3. The molecule has 1 aliphatic heterocycles. The molecule has 0 saturated heterocycles. The molecule has 1 aromatic rings. The normalized spacial score (nSPS) is 31.0. The molecule has 1 heterocycles. The molecule has 35 heavy (non-hydrogen) atoms. The van der Waals surface area contributed by atoms with Gasteiger partial charge in [0, 0.05) is 23.7 Å². The largest absolute Gasteiger partial charge is 0.425 e. The van der Waals surface area contributed by atoms with Gasteiger partial charge in [0.25, 0.3) is 11.8 Å². The molecule has 4 rings (SSSR count). The van der Waals surface area contributed by atoms with Crippen LogP contribution in [0.3, 0.4) is 0 Å². The number of alkyl halides is 3. The van der Waals surface area contributed by atoms with Crippen molar-refractivity contribution in [2.75, 3.05) is 0 Å². The monoisotopic (exact) mass is 494 g/mol. The van der Waals surface area contributed by atoms with Crippen LogP contribution in [0.1, 0.15) is 70.2 Å². The number of benzene rings is 1. The smallest absolute Gasteiger partial charge is 0.326 e. The third-order valence-corrected chi connectivity index (χ3v) is 7.89. The van der Waals surface area contributed by atoms with Gasteiger partial charge in [-0.1, -0.05) is 40.5 Å². The van der Waals surface area contributed by atoms with Gasteiger partial charge < -0.3 is 10.2 Å². The van der Waals surface area contributed by atoms with Gasteiger partial charge in [-0.3, -0.25) is 14.4 Å². The number of hydrogen-bond donors (Lipinski definition) is 1. The van der Waals surface area contributed by atoms with Gasteiger partial charge in [-0.15, -0.1) is 0 Å². The van der Waals surface area contributed by atoms with Crippen LogP contribution in [-0.2, 0) is 9.59 Å². The number of allylic oxidation sites excluding steroid dienone is 1. The lowest BCUT2D eigenvalue weighted by Crippen LogP contribution is -2.67. The summed E-state index contributed by atoms with van der Waals surface area (Å²) in [5, 5.41) is 1.91. The van der Waals surface area contributed by atoms with Crippen LogP contribution < -0.4 is 5.32 Å². The van der Waals surface area contributed by atoms with Gasteiger partial charge in [0.2, 0.25) is 5.54 Å². The van der Waals surface area contributed by atoms with Crippen molar-refractivity contribution in [1.82, 2.24) is 10.2 Å². The summed E-state index contributed by atoms with van der Waals surface area (Å²) < 4.78 is 58.2. The van der Waals surface area contributed by atoms with Crippen LogP contribution in [0.15, 0.2) is 35.5 Å². The van der Waals surface area contributed by atoms with Crippen LogP contribution in [0, 0.1) is 23.1 Å². The molecule has 3 aliphatic rings. The minimum Gasteiger partial charge on any atom is -0.326 e. The molecule has 0 bridgehead atoms. The second kappa shape index (κ2) is 8.45. The van der Waals surface area contributed by atoms with Gasteiger partial charge in [-0.25, -0.2) is 4.39 Å². The first-order valence-electron chi connectivity index (χ1n) is 11.9. The maximum absolute atomic E-state index is 14.9. The Morgan fingerprint density at radius 3 is 2.29 bits per heavy atom. The Balaban J connectivity index is 1.89. The van der Waals surface area contributed by atoms with Crippen molar-refractivity contribution < 1.29 is 31.9 Å². The van der Waals surface area contributed by atoms with Crippen LogP contribution in [-0.4, -0.2) is 40.3 Å². The highest BCUT2D eigenvalue weighted by Gasteiger charge is 2.72. The summed E-state index contributed by atoms with van der Waals surface area (Å²) in [6.45, 7) is 7.50. The first kappa shape index (κ1) is 25.4. The van der Waals surface area contributed by atoms with E-state index in [9.17, 15) is 31.9 Å². The Morgan fingerprint density at radius 1 is 1.06 bits per heavy atom. The second-order valence-electron chi connectivity index (χ2n) is 11.0. The van der Waals surface area contributed by atoms with Crippen molar-refractivity contribution in [3.8, 4) is 0 Å². The number of nitrogens with zero attached hydrogens (tertiary/aromatic N) is 1. The van der Waals surface area contributed by atoms with Gasteiger partial charge in [0.1, 0.15) is 5.82 Å². The fraction of sp³-hybridized carbons (Fsp3) is 0.577. The highest BCUT2D eigenvalue weighted by Crippen LogP contribution is 2.54. The Hall–Kier alpha value is -2.71. The Bertz CT molecular complexity index is 1090. The van der Waals surface area contributed by atoms with Crippen molar-refractivity contribution in [1.29, 1.82) is 0 Å². The van der Waals surface area contributed by atoms with Crippen molar-refractivity contribution in [3.63, 3.8) is 0 Å². The fourth-order valence-electron chi connectivity index (χ4n) is 5.89. The molecule has 2 amide bonds. The van der Waals surface area contributed by atoms with Crippen LogP contribution in [0.4, 0.5) is 17.6 Å². The predicted molar refractivity (Wildman–Crippen MR) is 121 cm³/mol. The molecule has 5 nitrogen and oxygen atoms in total. The third kappa shape index (κ3) is 4.06. The van der Waals surface area contributed by atoms with Crippen molar-refractivity contribution in [2.45, 2.75) is 77.6 Å². The summed E-state index contributed by atoms with van der Waals surface area (Å²) in [5.41, 5.74) is -4.97. The minimum atomic E-state index is -5.27. The van der Waals surface area contributed by atoms with Crippen LogP contribution in [0.5, 0.6) is 0 Å². The van der Waals surface area contributed by atoms with Gasteiger partial charge in [-0.05, 0) is 54.4 Å². The summed E-state index contributed by atoms with van der Waals surface area (Å²) in [4.78, 5) is 41.4. The van der Waals surface area contributed by atoms with E-state index in [2.05, 4.69) is 0 Å². The third-order valence-electron chi connectivity index (χ3n) is 7.89. The lowest BCUT2D eigenvalue weighted by atomic mass is 9.72. The second-order valence-corrected chi connectivity index (χ2v) is 11.0. The number of carbonyl (C=O) groups is 3. The molecule has 2 aliphatic carbocycles. The maximum atomic E-state index is 14.9. The van der Waals surface area contributed by atoms with E-state index in [1.165, 1.54) is 4.90 Å². The zero-order valence-electron chi connectivity index (χ0n) is 20.3. The highest BCUT2D eigenvalue weighted by molar-refractivity contribution is 6.14. The van der Waals surface area contributed by atoms with Gasteiger partial charge in [0.05, 0.1) is 5.57 Å². The maximum Gasteiger partial charge on any atom is 0.425 e. The van der Waals surface area contributed by atoms with Gasteiger partial charge >= 0.3 is 6.18 Å². The number of carbonyl (C=O) groups excluding carboxylic acids is 3. The summed E-state index contributed by atoms with van der Waals surface area (Å²) in [5.74, 6) is -3.88. The number of amides is 2. The van der Waals surface area contributed by atoms with Crippen LogP contribution >= 0.6 is 0 Å². The molecule has 1 N–H and O–H groups in total. The van der Waals surface area contributed by atoms with Crippen LogP contribution in [0.25, 0.3) is 0 Å². The van der Waals surface area contributed by atoms with E-state index in [0.717, 1.165) is 37.1 Å². The first-order chi connectivity index (χ1) is 16.2. The molecule has 190 valence electrons. The molecule has 0 unspecified atom stereocenters. The molecular formula is C26H30F4N2O3. The van der Waals surface area contributed by atoms with E-state index in [4.69, 9.17) is 0 Å². The number of halogens is 4. The lowest BCUT2D eigenvalue weighted by Gasteiger charge is -2.43. The highest BCUT2D eigenvalue weighted by atomic mass is 19.4. The molecule has 0 radical (unpaired) electrons. The van der Waals surface area contributed by atoms with E-state index in [0.29, 0.717) is 6.42 Å². The van der Waals surface area contributed by atoms with E-state index in [1.54, 1.807) is 13.8 Å².